The van der Waals surface area contributed by atoms with Gasteiger partial charge in [0.15, 0.2) is 5.78 Å². The van der Waals surface area contributed by atoms with Crippen molar-refractivity contribution in [1.82, 2.24) is 14.9 Å². The minimum Gasteiger partial charge on any atom is -0.383 e. The standard InChI is InChI=1S/C26H32ClN5O2/c1-34-13-12-32-10-7-19(8-11-32)16-30-26-23(15-21(27)17-31-26)24(33)5-3-18-2-4-22-20(14-18)6-9-29-25(22)28/h2,4,6,9,14-15,17,19H,3,5,7-8,10-13,16H2,1H3,(H2,28,29)(H,30,31). The smallest absolute Gasteiger partial charge is 0.166 e. The number of Topliss-reactive ketones (excluding diaryl/α,β-unsaturated/α-hetero) is 1. The number of likely N-dealkylation sites (tertiary alicyclic amines) is 1. The van der Waals surface area contributed by atoms with Crippen LogP contribution in [0.1, 0.15) is 35.2 Å². The minimum atomic E-state index is 0.0289. The highest BCUT2D eigenvalue weighted by molar-refractivity contribution is 6.31. The van der Waals surface area contributed by atoms with Crippen LogP contribution in [-0.4, -0.2) is 60.5 Å². The van der Waals surface area contributed by atoms with Crippen molar-refractivity contribution < 1.29 is 9.53 Å². The van der Waals surface area contributed by atoms with E-state index in [9.17, 15) is 4.79 Å². The number of hydrogen-bond acceptors (Lipinski definition) is 7. The topological polar surface area (TPSA) is 93.4 Å². The van der Waals surface area contributed by atoms with Gasteiger partial charge in [-0.15, -0.1) is 0 Å². The molecule has 0 aliphatic carbocycles. The van der Waals surface area contributed by atoms with Crippen LogP contribution in [0, 0.1) is 5.92 Å². The van der Waals surface area contributed by atoms with E-state index in [2.05, 4.69) is 26.3 Å². The summed E-state index contributed by atoms with van der Waals surface area (Å²) in [6.45, 7) is 4.70. The van der Waals surface area contributed by atoms with E-state index in [1.165, 1.54) is 0 Å². The van der Waals surface area contributed by atoms with E-state index in [0.717, 1.165) is 62.0 Å². The third-order valence-corrected chi connectivity index (χ3v) is 6.74. The molecule has 0 saturated carbocycles. The number of carbonyl (C=O) groups excluding carboxylic acids is 1. The Hall–Kier alpha value is -2.74. The maximum atomic E-state index is 13.1. The summed E-state index contributed by atoms with van der Waals surface area (Å²) in [5.41, 5.74) is 7.58. The van der Waals surface area contributed by atoms with E-state index in [4.69, 9.17) is 22.1 Å². The molecule has 0 spiro atoms. The van der Waals surface area contributed by atoms with Gasteiger partial charge in [-0.1, -0.05) is 29.8 Å². The number of fused-ring (bicyclic) bond motifs is 1. The number of nitrogens with zero attached hydrogens (tertiary/aromatic N) is 3. The van der Waals surface area contributed by atoms with E-state index in [1.54, 1.807) is 25.6 Å². The molecule has 1 saturated heterocycles. The summed E-state index contributed by atoms with van der Waals surface area (Å²) in [6, 6.07) is 9.68. The fourth-order valence-corrected chi connectivity index (χ4v) is 4.62. The number of benzene rings is 1. The van der Waals surface area contributed by atoms with Crippen LogP contribution in [-0.2, 0) is 11.2 Å². The lowest BCUT2D eigenvalue weighted by Crippen LogP contribution is -2.37. The van der Waals surface area contributed by atoms with Gasteiger partial charge < -0.3 is 20.7 Å². The Kier molecular flexibility index (Phi) is 8.32. The number of hydrogen-bond donors (Lipinski definition) is 2. The maximum Gasteiger partial charge on any atom is 0.166 e. The highest BCUT2D eigenvalue weighted by Gasteiger charge is 2.20. The van der Waals surface area contributed by atoms with Crippen molar-refractivity contribution in [1.29, 1.82) is 0 Å². The fraction of sp³-hybridized carbons (Fsp3) is 0.423. The fourth-order valence-electron chi connectivity index (χ4n) is 4.47. The second-order valence-corrected chi connectivity index (χ2v) is 9.32. The largest absolute Gasteiger partial charge is 0.383 e. The van der Waals surface area contributed by atoms with E-state index in [-0.39, 0.29) is 5.78 Å². The van der Waals surface area contributed by atoms with Gasteiger partial charge >= 0.3 is 0 Å². The van der Waals surface area contributed by atoms with Gasteiger partial charge in [-0.25, -0.2) is 9.97 Å². The highest BCUT2D eigenvalue weighted by atomic mass is 35.5. The molecular weight excluding hydrogens is 450 g/mol. The van der Waals surface area contributed by atoms with Crippen LogP contribution in [0.4, 0.5) is 11.6 Å². The number of pyridine rings is 2. The Morgan fingerprint density at radius 3 is 2.85 bits per heavy atom. The number of methoxy groups -OCH3 is 1. The molecule has 0 amide bonds. The van der Waals surface area contributed by atoms with Gasteiger partial charge in [0, 0.05) is 44.4 Å². The quantitative estimate of drug-likeness (QED) is 0.413. The number of halogens is 1. The molecule has 1 aliphatic heterocycles. The second-order valence-electron chi connectivity index (χ2n) is 8.88. The number of aryl methyl sites for hydroxylation is 1. The van der Waals surface area contributed by atoms with Crippen molar-refractivity contribution in [3.63, 3.8) is 0 Å². The molecule has 4 rings (SSSR count). The maximum absolute atomic E-state index is 13.1. The predicted octanol–water partition coefficient (Wildman–Crippen LogP) is 4.45. The molecule has 7 nitrogen and oxygen atoms in total. The molecule has 3 aromatic rings. The van der Waals surface area contributed by atoms with Gasteiger partial charge in [0.05, 0.1) is 17.2 Å². The Morgan fingerprint density at radius 1 is 1.24 bits per heavy atom. The van der Waals surface area contributed by atoms with Crippen LogP contribution in [0.15, 0.2) is 42.7 Å². The van der Waals surface area contributed by atoms with Crippen LogP contribution < -0.4 is 11.1 Å². The van der Waals surface area contributed by atoms with Gasteiger partial charge in [-0.2, -0.15) is 0 Å². The molecule has 8 heteroatoms. The average molecular weight is 482 g/mol. The zero-order chi connectivity index (χ0) is 23.9. The molecule has 1 aliphatic rings. The zero-order valence-electron chi connectivity index (χ0n) is 19.6. The molecule has 0 atom stereocenters. The summed E-state index contributed by atoms with van der Waals surface area (Å²) in [5, 5.41) is 5.84. The lowest BCUT2D eigenvalue weighted by Gasteiger charge is -2.32. The summed E-state index contributed by atoms with van der Waals surface area (Å²) in [4.78, 5) is 24.1. The number of anilines is 2. The van der Waals surface area contributed by atoms with Crippen LogP contribution in [0.5, 0.6) is 0 Å². The molecule has 34 heavy (non-hydrogen) atoms. The first-order chi connectivity index (χ1) is 16.5. The predicted molar refractivity (Wildman–Crippen MR) is 138 cm³/mol. The van der Waals surface area contributed by atoms with Crippen molar-refractivity contribution in [3.05, 3.63) is 58.9 Å². The first kappa shape index (κ1) is 24.4. The van der Waals surface area contributed by atoms with Crippen molar-refractivity contribution in [3.8, 4) is 0 Å². The highest BCUT2D eigenvalue weighted by Crippen LogP contribution is 2.24. The number of nitrogens with two attached hydrogens (primary N) is 1. The molecule has 3 heterocycles. The summed E-state index contributed by atoms with van der Waals surface area (Å²) < 4.78 is 5.18. The monoisotopic (exact) mass is 481 g/mol. The van der Waals surface area contributed by atoms with Gasteiger partial charge in [-0.05, 0) is 61.4 Å². The summed E-state index contributed by atoms with van der Waals surface area (Å²) >= 11 is 6.19. The molecule has 2 aromatic heterocycles. The van der Waals surface area contributed by atoms with Gasteiger partial charge in [0.2, 0.25) is 0 Å². The van der Waals surface area contributed by atoms with E-state index < -0.39 is 0 Å². The molecule has 0 radical (unpaired) electrons. The van der Waals surface area contributed by atoms with Crippen molar-refractivity contribution in [2.75, 3.05) is 50.9 Å². The number of nitrogen functional groups attached to an aromatic ring is 1. The first-order valence-electron chi connectivity index (χ1n) is 11.8. The zero-order valence-corrected chi connectivity index (χ0v) is 20.4. The van der Waals surface area contributed by atoms with Crippen LogP contribution >= 0.6 is 11.6 Å². The average Bonchev–Trinajstić information content (AvgIpc) is 2.86. The molecule has 0 bridgehead atoms. The third kappa shape index (κ3) is 6.23. The number of piperidine rings is 1. The van der Waals surface area contributed by atoms with Gasteiger partial charge in [-0.3, -0.25) is 4.79 Å². The Morgan fingerprint density at radius 2 is 2.06 bits per heavy atom. The SMILES string of the molecule is COCCN1CCC(CNc2ncc(Cl)cc2C(=O)CCc2ccc3c(N)nccc3c2)CC1. The van der Waals surface area contributed by atoms with E-state index in [1.807, 2.05) is 18.2 Å². The number of rotatable bonds is 10. The minimum absolute atomic E-state index is 0.0289. The lowest BCUT2D eigenvalue weighted by atomic mass is 9.96. The summed E-state index contributed by atoms with van der Waals surface area (Å²) in [6.07, 6.45) is 6.54. The van der Waals surface area contributed by atoms with E-state index >= 15 is 0 Å². The Bertz CT molecular complexity index is 1130. The number of ketones is 1. The normalized spacial score (nSPS) is 15.0. The number of aromatic nitrogens is 2. The third-order valence-electron chi connectivity index (χ3n) is 6.53. The van der Waals surface area contributed by atoms with Crippen LogP contribution in [0.2, 0.25) is 5.02 Å². The summed E-state index contributed by atoms with van der Waals surface area (Å²) in [5.74, 6) is 1.72. The molecular formula is C26H32ClN5O2. The Labute approximate surface area is 205 Å². The van der Waals surface area contributed by atoms with Gasteiger partial charge in [0.25, 0.3) is 0 Å². The molecule has 3 N–H and O–H groups in total. The van der Waals surface area contributed by atoms with Crippen molar-refractivity contribution >= 4 is 39.8 Å². The Balaban J connectivity index is 1.35. The summed E-state index contributed by atoms with van der Waals surface area (Å²) in [7, 11) is 1.74. The molecule has 1 fully saturated rings. The molecule has 1 aromatic carbocycles. The second kappa shape index (κ2) is 11.6. The molecule has 180 valence electrons. The number of carbonyl (C=O) groups is 1. The molecule has 0 unspecified atom stereocenters. The number of nitrogens with one attached hydrogen (secondary N) is 1. The van der Waals surface area contributed by atoms with Crippen molar-refractivity contribution in [2.24, 2.45) is 5.92 Å². The first-order valence-corrected chi connectivity index (χ1v) is 12.2. The van der Waals surface area contributed by atoms with E-state index in [0.29, 0.717) is 41.0 Å². The number of ether oxygens (including phenoxy) is 1. The lowest BCUT2D eigenvalue weighted by molar-refractivity contribution is 0.0983. The van der Waals surface area contributed by atoms with Crippen molar-refractivity contribution in [2.45, 2.75) is 25.7 Å². The van der Waals surface area contributed by atoms with Crippen LogP contribution in [0.3, 0.4) is 0 Å². The van der Waals surface area contributed by atoms with Gasteiger partial charge in [0.1, 0.15) is 11.6 Å². The van der Waals surface area contributed by atoms with Crippen LogP contribution in [0.25, 0.3) is 10.8 Å².